The Balaban J connectivity index is 3.07. The topological polar surface area (TPSA) is 34.9 Å². The van der Waals surface area contributed by atoms with E-state index in [1.165, 1.54) is 0 Å². The maximum Gasteiger partial charge on any atom is 0.146 e. The molecule has 1 aromatic rings. The molecule has 70 valence electrons. The van der Waals surface area contributed by atoms with Gasteiger partial charge >= 0.3 is 0 Å². The first-order chi connectivity index (χ1) is 6.19. The monoisotopic (exact) mass is 242 g/mol. The van der Waals surface area contributed by atoms with Gasteiger partial charge in [-0.2, -0.15) is 5.10 Å². The first-order valence-electron chi connectivity index (χ1n) is 4.02. The van der Waals surface area contributed by atoms with E-state index >= 15 is 0 Å². The minimum Gasteiger partial charge on any atom is -0.298 e. The second kappa shape index (κ2) is 4.37. The van der Waals surface area contributed by atoms with Gasteiger partial charge in [0, 0.05) is 7.05 Å². The molecule has 0 amide bonds. The van der Waals surface area contributed by atoms with Crippen LogP contribution < -0.4 is 0 Å². The minimum absolute atomic E-state index is 0.737. The van der Waals surface area contributed by atoms with Crippen LogP contribution in [0.4, 0.5) is 0 Å². The van der Waals surface area contributed by atoms with Crippen LogP contribution in [0, 0.1) is 0 Å². The molecule has 3 nitrogen and oxygen atoms in total. The van der Waals surface area contributed by atoms with Crippen molar-refractivity contribution in [2.45, 2.75) is 13.3 Å². The van der Waals surface area contributed by atoms with Crippen LogP contribution in [0.2, 0.25) is 0 Å². The van der Waals surface area contributed by atoms with E-state index in [4.69, 9.17) is 0 Å². The van der Waals surface area contributed by atoms with Gasteiger partial charge in [0.2, 0.25) is 0 Å². The normalized spacial score (nSPS) is 11.8. The Hall–Kier alpha value is -0.900. The van der Waals surface area contributed by atoms with Crippen LogP contribution in [-0.4, -0.2) is 16.1 Å². The Morgan fingerprint density at radius 1 is 1.77 bits per heavy atom. The van der Waals surface area contributed by atoms with Gasteiger partial charge in [-0.1, -0.05) is 6.92 Å². The average molecular weight is 243 g/mol. The zero-order valence-corrected chi connectivity index (χ0v) is 9.21. The summed E-state index contributed by atoms with van der Waals surface area (Å²) in [6.07, 6.45) is 5.16. The van der Waals surface area contributed by atoms with Crippen molar-refractivity contribution in [1.82, 2.24) is 9.78 Å². The molecule has 0 atom stereocenters. The predicted octanol–water partition coefficient (Wildman–Crippen LogP) is 2.17. The summed E-state index contributed by atoms with van der Waals surface area (Å²) in [6.45, 7) is 1.95. The number of aromatic nitrogens is 2. The second-order valence-corrected chi connectivity index (χ2v) is 3.55. The third kappa shape index (κ3) is 2.28. The summed E-state index contributed by atoms with van der Waals surface area (Å²) in [4.78, 5) is 10.6. The van der Waals surface area contributed by atoms with Crippen LogP contribution in [-0.2, 0) is 11.8 Å². The Labute approximate surface area is 85.6 Å². The van der Waals surface area contributed by atoms with Crippen LogP contribution in [0.25, 0.3) is 6.08 Å². The molecule has 4 heteroatoms. The lowest BCUT2D eigenvalue weighted by Crippen LogP contribution is -1.94. The van der Waals surface area contributed by atoms with Crippen molar-refractivity contribution in [1.29, 1.82) is 0 Å². The lowest BCUT2D eigenvalue weighted by atomic mass is 10.2. The van der Waals surface area contributed by atoms with Crippen molar-refractivity contribution in [3.63, 3.8) is 0 Å². The highest BCUT2D eigenvalue weighted by molar-refractivity contribution is 9.10. The Kier molecular flexibility index (Phi) is 3.42. The number of carbonyl (C=O) groups is 1. The van der Waals surface area contributed by atoms with E-state index in [9.17, 15) is 4.79 Å². The van der Waals surface area contributed by atoms with E-state index in [-0.39, 0.29) is 0 Å². The summed E-state index contributed by atoms with van der Waals surface area (Å²) >= 11 is 3.36. The zero-order chi connectivity index (χ0) is 9.84. The molecule has 13 heavy (non-hydrogen) atoms. The van der Waals surface area contributed by atoms with E-state index in [1.54, 1.807) is 10.9 Å². The lowest BCUT2D eigenvalue weighted by Gasteiger charge is -1.97. The fourth-order valence-corrected chi connectivity index (χ4v) is 1.44. The zero-order valence-electron chi connectivity index (χ0n) is 7.62. The molecule has 0 N–H and O–H groups in total. The number of halogens is 1. The molecule has 0 unspecified atom stereocenters. The predicted molar refractivity (Wildman–Crippen MR) is 55.2 cm³/mol. The number of aldehydes is 1. The number of nitrogens with zero attached hydrogens (tertiary/aromatic N) is 2. The molecular formula is C9H11BrN2O. The van der Waals surface area contributed by atoms with Gasteiger partial charge in [-0.05, 0) is 34.0 Å². The number of hydrogen-bond donors (Lipinski definition) is 0. The Morgan fingerprint density at radius 2 is 2.46 bits per heavy atom. The third-order valence-corrected chi connectivity index (χ3v) is 2.43. The van der Waals surface area contributed by atoms with Crippen molar-refractivity contribution in [2.24, 2.45) is 7.05 Å². The van der Waals surface area contributed by atoms with E-state index in [1.807, 2.05) is 20.0 Å². The van der Waals surface area contributed by atoms with Gasteiger partial charge in [0.05, 0.1) is 16.4 Å². The molecule has 0 aliphatic heterocycles. The fraction of sp³-hybridized carbons (Fsp3) is 0.333. The average Bonchev–Trinajstić information content (AvgIpc) is 2.44. The Morgan fingerprint density at radius 3 is 2.85 bits per heavy atom. The van der Waals surface area contributed by atoms with Gasteiger partial charge in [-0.3, -0.25) is 9.48 Å². The van der Waals surface area contributed by atoms with Crippen molar-refractivity contribution in [3.8, 4) is 0 Å². The number of allylic oxidation sites excluding steroid dienone is 1. The molecule has 0 aromatic carbocycles. The van der Waals surface area contributed by atoms with Gasteiger partial charge in [0.1, 0.15) is 6.29 Å². The van der Waals surface area contributed by atoms with Crippen LogP contribution in [0.15, 0.2) is 16.2 Å². The molecule has 0 spiro atoms. The van der Waals surface area contributed by atoms with Crippen molar-refractivity contribution < 1.29 is 4.79 Å². The molecule has 0 radical (unpaired) electrons. The van der Waals surface area contributed by atoms with E-state index in [2.05, 4.69) is 21.0 Å². The highest BCUT2D eigenvalue weighted by Crippen LogP contribution is 2.18. The summed E-state index contributed by atoms with van der Waals surface area (Å²) in [5.41, 5.74) is 1.69. The SMILES string of the molecule is CC/C(C=O)=C\c1c(Br)cnn1C. The van der Waals surface area contributed by atoms with Crippen molar-refractivity contribution >= 4 is 28.3 Å². The van der Waals surface area contributed by atoms with Gasteiger partial charge in [0.15, 0.2) is 0 Å². The molecule has 0 aliphatic rings. The molecule has 0 bridgehead atoms. The summed E-state index contributed by atoms with van der Waals surface area (Å²) in [7, 11) is 1.84. The first-order valence-corrected chi connectivity index (χ1v) is 4.81. The van der Waals surface area contributed by atoms with Gasteiger partial charge in [-0.15, -0.1) is 0 Å². The molecule has 1 rings (SSSR count). The summed E-state index contributed by atoms with van der Waals surface area (Å²) < 4.78 is 2.63. The largest absolute Gasteiger partial charge is 0.298 e. The Bertz CT molecular complexity index is 322. The summed E-state index contributed by atoms with van der Waals surface area (Å²) in [5, 5.41) is 4.05. The molecule has 0 aliphatic carbocycles. The summed E-state index contributed by atoms with van der Waals surface area (Å²) in [6, 6.07) is 0. The van der Waals surface area contributed by atoms with Crippen LogP contribution in [0.5, 0.6) is 0 Å². The minimum atomic E-state index is 0.737. The molecule has 0 saturated carbocycles. The van der Waals surface area contributed by atoms with Crippen LogP contribution >= 0.6 is 15.9 Å². The second-order valence-electron chi connectivity index (χ2n) is 2.69. The van der Waals surface area contributed by atoms with Crippen LogP contribution in [0.3, 0.4) is 0 Å². The molecular weight excluding hydrogens is 232 g/mol. The third-order valence-electron chi connectivity index (χ3n) is 1.82. The van der Waals surface area contributed by atoms with E-state index < -0.39 is 0 Å². The first kappa shape index (κ1) is 10.2. The molecule has 1 aromatic heterocycles. The van der Waals surface area contributed by atoms with Gasteiger partial charge < -0.3 is 0 Å². The fourth-order valence-electron chi connectivity index (χ4n) is 0.978. The molecule has 1 heterocycles. The standard InChI is InChI=1S/C9H11BrN2O/c1-3-7(6-13)4-9-8(10)5-11-12(9)2/h4-6H,3H2,1-2H3/b7-4+. The highest BCUT2D eigenvalue weighted by Gasteiger charge is 2.03. The van der Waals surface area contributed by atoms with Gasteiger partial charge in [0.25, 0.3) is 0 Å². The maximum atomic E-state index is 10.6. The summed E-state index contributed by atoms with van der Waals surface area (Å²) in [5.74, 6) is 0. The van der Waals surface area contributed by atoms with Crippen LogP contribution in [0.1, 0.15) is 19.0 Å². The highest BCUT2D eigenvalue weighted by atomic mass is 79.9. The quantitative estimate of drug-likeness (QED) is 0.602. The van der Waals surface area contributed by atoms with Crippen molar-refractivity contribution in [3.05, 3.63) is 21.9 Å². The number of aryl methyl sites for hydroxylation is 1. The number of hydrogen-bond acceptors (Lipinski definition) is 2. The smallest absolute Gasteiger partial charge is 0.146 e. The van der Waals surface area contributed by atoms with E-state index in [0.717, 1.165) is 28.4 Å². The van der Waals surface area contributed by atoms with Gasteiger partial charge in [-0.25, -0.2) is 0 Å². The number of carbonyl (C=O) groups excluding carboxylic acids is 1. The van der Waals surface area contributed by atoms with Crippen molar-refractivity contribution in [2.75, 3.05) is 0 Å². The molecule has 0 fully saturated rings. The number of rotatable bonds is 3. The van der Waals surface area contributed by atoms with E-state index in [0.29, 0.717) is 0 Å². The lowest BCUT2D eigenvalue weighted by molar-refractivity contribution is -0.104. The maximum absolute atomic E-state index is 10.6. The molecule has 0 saturated heterocycles.